The summed E-state index contributed by atoms with van der Waals surface area (Å²) in [5, 5.41) is 30.0. The third kappa shape index (κ3) is 33.8. The normalized spacial score (nSPS) is 12.7. The van der Waals surface area contributed by atoms with Crippen LogP contribution in [-0.2, 0) is 57.0 Å². The molecule has 2 atom stereocenters. The summed E-state index contributed by atoms with van der Waals surface area (Å²) in [6, 6.07) is 6.79. The van der Waals surface area contributed by atoms with E-state index in [1.54, 1.807) is 40.9 Å². The molecular weight excluding hydrogens is 1250 g/mol. The number of amides is 5. The topological polar surface area (TPSA) is 294 Å². The average Bonchev–Trinajstić information content (AvgIpc) is 3.93. The van der Waals surface area contributed by atoms with Crippen LogP contribution >= 0.6 is 0 Å². The van der Waals surface area contributed by atoms with E-state index in [9.17, 15) is 56.1 Å². The van der Waals surface area contributed by atoms with Gasteiger partial charge in [-0.3, -0.25) is 59.5 Å². The Hall–Kier alpha value is -4.99. The number of unbranched alkanes of at least 4 members (excludes halogenated alkanes) is 3. The first-order chi connectivity index (χ1) is 36.3. The van der Waals surface area contributed by atoms with Crippen LogP contribution in [0.5, 0.6) is 5.75 Å². The number of carboxylic acids is 2. The summed E-state index contributed by atoms with van der Waals surface area (Å²) in [6.45, 7) is 12.7. The van der Waals surface area contributed by atoms with Crippen molar-refractivity contribution < 1.29 is 96.2 Å². The molecule has 26 heteroatoms. The van der Waals surface area contributed by atoms with Gasteiger partial charge >= 0.3 is 22.4 Å². The molecule has 77 heavy (non-hydrogen) atoms. The zero-order valence-corrected chi connectivity index (χ0v) is 50.3. The molecule has 1 aliphatic rings. The quantitative estimate of drug-likeness (QED) is 0.0247. The zero-order chi connectivity index (χ0) is 56.9. The Kier molecular flexibility index (Phi) is 39.3. The second-order valence-corrected chi connectivity index (χ2v) is 18.8. The third-order valence-corrected chi connectivity index (χ3v) is 12.0. The van der Waals surface area contributed by atoms with Gasteiger partial charge in [0.1, 0.15) is 17.8 Å². The largest absolute Gasteiger partial charge is 0.542 e. The van der Waals surface area contributed by atoms with E-state index in [1.165, 1.54) is 43.4 Å². The van der Waals surface area contributed by atoms with Crippen LogP contribution in [0.4, 0.5) is 3.89 Å². The molecule has 1 saturated heterocycles. The molecule has 1 aromatic carbocycles. The van der Waals surface area contributed by atoms with E-state index >= 15 is 0 Å². The fourth-order valence-electron chi connectivity index (χ4n) is 7.85. The fraction of sp³-hybridized carbons (Fsp3) is 0.627. The number of hydrogen-bond donors (Lipinski definition) is 6. The molecule has 2 unspecified atom stereocenters. The number of nitrogens with zero attached hydrogens (tertiary/aromatic N) is 5. The van der Waals surface area contributed by atoms with Gasteiger partial charge in [0.2, 0.25) is 23.6 Å². The Balaban J connectivity index is 0.00000786. The van der Waals surface area contributed by atoms with Gasteiger partial charge in [0.15, 0.2) is 0 Å². The first-order valence-electron chi connectivity index (χ1n) is 25.9. The van der Waals surface area contributed by atoms with E-state index in [0.29, 0.717) is 82.9 Å². The van der Waals surface area contributed by atoms with Gasteiger partial charge in [0.25, 0.3) is 5.91 Å². The minimum absolute atomic E-state index is 0. The first-order valence-corrected chi connectivity index (χ1v) is 27.2. The number of pyridine rings is 1. The molecule has 428 valence electrons. The van der Waals surface area contributed by atoms with Gasteiger partial charge in [0, 0.05) is 95.1 Å². The Morgan fingerprint density at radius 2 is 1.42 bits per heavy atom. The number of hydrogen-bond acceptors (Lipinski definition) is 15. The molecule has 5 amide bonds. The van der Waals surface area contributed by atoms with Crippen molar-refractivity contribution in [3.05, 3.63) is 59.4 Å². The van der Waals surface area contributed by atoms with Gasteiger partial charge in [-0.15, -0.1) is 0 Å². The molecule has 2 heterocycles. The van der Waals surface area contributed by atoms with Crippen molar-refractivity contribution in [3.8, 4) is 5.75 Å². The third-order valence-electron chi connectivity index (χ3n) is 11.6. The molecule has 0 bridgehead atoms. The number of carbonyl (C=O) groups is 7. The number of benzene rings is 1. The molecule has 0 aliphatic carbocycles. The number of aliphatic carboxylic acids is 2. The smallest absolute Gasteiger partial charge is 0.488 e. The number of carbonyl (C=O) groups excluding carboxylic acids is 6. The molecule has 1 aliphatic heterocycles. The summed E-state index contributed by atoms with van der Waals surface area (Å²) < 4.78 is 39.3. The maximum Gasteiger partial charge on any atom is 0.488 e. The van der Waals surface area contributed by atoms with Gasteiger partial charge in [0.05, 0.1) is 39.7 Å². The van der Waals surface area contributed by atoms with Crippen molar-refractivity contribution in [1.29, 1.82) is 0 Å². The van der Waals surface area contributed by atoms with Crippen molar-refractivity contribution in [2.75, 3.05) is 78.5 Å². The molecule has 22 nitrogen and oxygen atoms in total. The van der Waals surface area contributed by atoms with Crippen LogP contribution in [0.15, 0.2) is 42.6 Å². The summed E-state index contributed by atoms with van der Waals surface area (Å²) in [5.41, 5.74) is 1.06. The molecule has 2 aromatic rings. The number of aromatic nitrogens is 1. The summed E-state index contributed by atoms with van der Waals surface area (Å²) in [7, 11) is -0.759. The van der Waals surface area contributed by atoms with Crippen LogP contribution < -0.4 is 25.5 Å². The van der Waals surface area contributed by atoms with Crippen molar-refractivity contribution in [2.45, 2.75) is 130 Å². The SMILES string of the molecule is CCCCCN(CCN(CCN(CCC)CC(=O)O)CC(=O)O)CC(=O)NCCCCC(NC(=O)CCc1cccc(OS(=O)(=O)F)c1)C(=O)NCc1cc(C(=O)NC(C)C(=O)N2CCCC2)ccn1.CC[C-]=O.[B]C.[U]. The Morgan fingerprint density at radius 3 is 1.99 bits per heavy atom. The number of carboxylic acid groups (broad SMARTS) is 2. The van der Waals surface area contributed by atoms with Gasteiger partial charge in [-0.25, -0.2) is 0 Å². The average molecular weight is 1330 g/mol. The molecule has 0 saturated carbocycles. The number of halogens is 1. The van der Waals surface area contributed by atoms with Crippen molar-refractivity contribution in [1.82, 2.24) is 45.9 Å². The molecular formula is C51H80BFN9O13SU-. The molecule has 6 N–H and O–H groups in total. The predicted octanol–water partition coefficient (Wildman–Crippen LogP) is 2.82. The minimum atomic E-state index is -5.26. The number of likely N-dealkylation sites (tertiary alicyclic amines) is 1. The second-order valence-electron chi connectivity index (χ2n) is 17.9. The van der Waals surface area contributed by atoms with Gasteiger partial charge in [-0.2, -0.15) is 14.8 Å². The zero-order valence-electron chi connectivity index (χ0n) is 45.4. The summed E-state index contributed by atoms with van der Waals surface area (Å²) in [5.74, 6) is -4.17. The Bertz CT molecular complexity index is 2220. The molecule has 1 fully saturated rings. The molecule has 3 rings (SSSR count). The van der Waals surface area contributed by atoms with E-state index < -0.39 is 52.2 Å². The maximum absolute atomic E-state index is 13.7. The fourth-order valence-corrected chi connectivity index (χ4v) is 8.18. The van der Waals surface area contributed by atoms with Crippen molar-refractivity contribution in [3.63, 3.8) is 0 Å². The van der Waals surface area contributed by atoms with Crippen molar-refractivity contribution >= 4 is 66.1 Å². The van der Waals surface area contributed by atoms with E-state index in [0.717, 1.165) is 38.5 Å². The maximum atomic E-state index is 13.7. The van der Waals surface area contributed by atoms with Crippen LogP contribution in [0.25, 0.3) is 0 Å². The van der Waals surface area contributed by atoms with Gasteiger partial charge < -0.3 is 45.4 Å². The van der Waals surface area contributed by atoms with Crippen LogP contribution in [-0.4, -0.2) is 189 Å². The molecule has 0 spiro atoms. The van der Waals surface area contributed by atoms with Crippen LogP contribution in [0.3, 0.4) is 0 Å². The van der Waals surface area contributed by atoms with Crippen molar-refractivity contribution in [2.24, 2.45) is 0 Å². The summed E-state index contributed by atoms with van der Waals surface area (Å²) >= 11 is 0. The summed E-state index contributed by atoms with van der Waals surface area (Å²) in [6.07, 6.45) is 9.94. The Morgan fingerprint density at radius 1 is 0.805 bits per heavy atom. The second kappa shape index (κ2) is 42.0. The van der Waals surface area contributed by atoms with Crippen LogP contribution in [0.2, 0.25) is 6.82 Å². The standard InChI is InChI=1S/C47H72FN9O12S.C3H5O.CH3B.U/c1-4-6-9-22-55(26-28-56(34-44(62)63)27-25-54(21-5-2)33-43(60)61)32-42(59)50-19-8-7-15-40(53-41(58)17-16-36-13-12-14-39(29-36)69-70(48,67)68)46(65)51-31-38-30-37(18-20-49-38)45(64)52-35(3)47(66)57-23-10-11-24-57;1-2-3-4;1-2;/h12-14,18,20,29-30,35,40H,4-11,15-17,19,21-28,31-34H2,1-3H3,(H,50,59)(H,51,65)(H,52,64)(H,53,58)(H,60,61)(H,62,63);2H2,1H3;1H3;/q;-1;;. The van der Waals surface area contributed by atoms with E-state index in [4.69, 9.17) is 4.79 Å². The van der Waals surface area contributed by atoms with Gasteiger partial charge in [-0.1, -0.05) is 56.5 Å². The number of rotatable bonds is 36. The molecule has 2 radical (unpaired) electrons. The number of nitrogens with one attached hydrogen (secondary N) is 4. The van der Waals surface area contributed by atoms with E-state index in [1.807, 2.05) is 11.8 Å². The van der Waals surface area contributed by atoms with Crippen LogP contribution in [0.1, 0.15) is 120 Å². The Labute approximate surface area is 479 Å². The van der Waals surface area contributed by atoms with E-state index in [-0.39, 0.29) is 106 Å². The van der Waals surface area contributed by atoms with Gasteiger partial charge in [-0.05, 0) is 101 Å². The number of aryl methyl sites for hydroxylation is 1. The molecule has 1 aromatic heterocycles. The summed E-state index contributed by atoms with van der Waals surface area (Å²) in [4.78, 5) is 109. The minimum Gasteiger partial charge on any atom is -0.542 e. The monoisotopic (exact) mass is 1330 g/mol. The first kappa shape index (κ1) is 72.0. The van der Waals surface area contributed by atoms with Crippen LogP contribution in [0, 0.1) is 31.1 Å². The van der Waals surface area contributed by atoms with E-state index in [2.05, 4.69) is 45.2 Å². The predicted molar refractivity (Wildman–Crippen MR) is 285 cm³/mol.